The third kappa shape index (κ3) is 10.2. The van der Waals surface area contributed by atoms with Crippen LogP contribution in [0.4, 0.5) is 0 Å². The Labute approximate surface area is 201 Å². The lowest BCUT2D eigenvalue weighted by molar-refractivity contribution is -0.119. The van der Waals surface area contributed by atoms with Crippen molar-refractivity contribution >= 4 is 35.8 Å². The molecule has 8 heteroatoms. The summed E-state index contributed by atoms with van der Waals surface area (Å²) < 4.78 is 11.0. The van der Waals surface area contributed by atoms with Gasteiger partial charge < -0.3 is 25.8 Å². The van der Waals surface area contributed by atoms with Gasteiger partial charge in [0.25, 0.3) is 5.91 Å². The number of halogens is 1. The zero-order valence-electron chi connectivity index (χ0n) is 17.8. The fourth-order valence-electron chi connectivity index (χ4n) is 2.66. The average Bonchev–Trinajstić information content (AvgIpc) is 2.76. The second kappa shape index (κ2) is 15.1. The van der Waals surface area contributed by atoms with Gasteiger partial charge in [0.05, 0.1) is 6.54 Å². The van der Waals surface area contributed by atoms with Gasteiger partial charge in [0.2, 0.25) is 0 Å². The molecule has 0 aromatic heterocycles. The van der Waals surface area contributed by atoms with E-state index in [2.05, 4.69) is 22.2 Å². The fraction of sp³-hybridized carbons (Fsp3) is 0.304. The highest BCUT2D eigenvalue weighted by atomic mass is 127. The average molecular weight is 538 g/mol. The quantitative estimate of drug-likeness (QED) is 0.167. The molecule has 0 fully saturated rings. The van der Waals surface area contributed by atoms with Crippen LogP contribution in [-0.4, -0.2) is 38.2 Å². The van der Waals surface area contributed by atoms with Crippen molar-refractivity contribution in [1.29, 1.82) is 0 Å². The van der Waals surface area contributed by atoms with Crippen LogP contribution in [0, 0.1) is 0 Å². The molecule has 0 saturated heterocycles. The first-order chi connectivity index (χ1) is 14.6. The predicted octanol–water partition coefficient (Wildman–Crippen LogP) is 3.03. The minimum absolute atomic E-state index is 0. The van der Waals surface area contributed by atoms with Crippen LogP contribution in [0.2, 0.25) is 0 Å². The third-order valence-corrected chi connectivity index (χ3v) is 4.09. The van der Waals surface area contributed by atoms with Crippen molar-refractivity contribution < 1.29 is 14.3 Å². The van der Waals surface area contributed by atoms with Gasteiger partial charge >= 0.3 is 0 Å². The Morgan fingerprint density at radius 2 is 1.87 bits per heavy atom. The van der Waals surface area contributed by atoms with Crippen LogP contribution < -0.4 is 25.8 Å². The van der Waals surface area contributed by atoms with Crippen molar-refractivity contribution in [3.63, 3.8) is 0 Å². The highest BCUT2D eigenvalue weighted by molar-refractivity contribution is 14.0. The minimum atomic E-state index is -0.492. The summed E-state index contributed by atoms with van der Waals surface area (Å²) in [7, 11) is 0. The molecule has 0 aliphatic heterocycles. The second-order valence-corrected chi connectivity index (χ2v) is 6.48. The van der Waals surface area contributed by atoms with Crippen molar-refractivity contribution in [1.82, 2.24) is 10.6 Å². The smallest absolute Gasteiger partial charge is 0.255 e. The molecule has 31 heavy (non-hydrogen) atoms. The van der Waals surface area contributed by atoms with Gasteiger partial charge in [0.15, 0.2) is 12.6 Å². The summed E-state index contributed by atoms with van der Waals surface area (Å²) in [5, 5.41) is 6.60. The number of carbonyl (C=O) groups is 1. The molecule has 0 saturated carbocycles. The van der Waals surface area contributed by atoms with Crippen molar-refractivity contribution in [2.75, 3.05) is 26.3 Å². The van der Waals surface area contributed by atoms with E-state index in [-0.39, 0.29) is 30.6 Å². The van der Waals surface area contributed by atoms with Crippen molar-refractivity contribution in [3.05, 3.63) is 72.3 Å². The maximum absolute atomic E-state index is 10.8. The fourth-order valence-corrected chi connectivity index (χ4v) is 2.66. The normalized spacial score (nSPS) is 10.5. The summed E-state index contributed by atoms with van der Waals surface area (Å²) in [4.78, 5) is 15.4. The summed E-state index contributed by atoms with van der Waals surface area (Å²) in [6.07, 6.45) is 2.54. The Morgan fingerprint density at radius 1 is 1.13 bits per heavy atom. The van der Waals surface area contributed by atoms with Crippen molar-refractivity contribution in [2.45, 2.75) is 19.9 Å². The molecule has 0 bridgehead atoms. The van der Waals surface area contributed by atoms with Gasteiger partial charge in [-0.05, 0) is 37.1 Å². The lowest BCUT2D eigenvalue weighted by Gasteiger charge is -2.13. The number of carbonyl (C=O) groups excluding carboxylic acids is 1. The Hall–Kier alpha value is -2.75. The summed E-state index contributed by atoms with van der Waals surface area (Å²) in [6.45, 7) is 8.06. The SMILES string of the molecule is C=CCOc1ccccc1CN=C(NCC)NCCc1ccc(OCC(N)=O)cc1.I. The molecule has 4 N–H and O–H groups in total. The van der Waals surface area contributed by atoms with Crippen molar-refractivity contribution in [2.24, 2.45) is 10.7 Å². The number of hydrogen-bond donors (Lipinski definition) is 3. The number of guanidine groups is 1. The van der Waals surface area contributed by atoms with E-state index >= 15 is 0 Å². The van der Waals surface area contributed by atoms with E-state index in [1.807, 2.05) is 55.5 Å². The van der Waals surface area contributed by atoms with E-state index < -0.39 is 5.91 Å². The Morgan fingerprint density at radius 3 is 2.55 bits per heavy atom. The van der Waals surface area contributed by atoms with E-state index in [1.165, 1.54) is 0 Å². The van der Waals surface area contributed by atoms with E-state index in [0.717, 1.165) is 42.3 Å². The number of nitrogens with one attached hydrogen (secondary N) is 2. The van der Waals surface area contributed by atoms with E-state index in [4.69, 9.17) is 15.2 Å². The van der Waals surface area contributed by atoms with Crippen LogP contribution in [0.1, 0.15) is 18.1 Å². The van der Waals surface area contributed by atoms with E-state index in [1.54, 1.807) is 6.08 Å². The van der Waals surface area contributed by atoms with E-state index in [9.17, 15) is 4.79 Å². The molecule has 0 atom stereocenters. The monoisotopic (exact) mass is 538 g/mol. The van der Waals surface area contributed by atoms with Crippen LogP contribution >= 0.6 is 24.0 Å². The number of nitrogens with zero attached hydrogens (tertiary/aromatic N) is 1. The van der Waals surface area contributed by atoms with Crippen LogP contribution in [0.5, 0.6) is 11.5 Å². The molecule has 0 radical (unpaired) electrons. The topological polar surface area (TPSA) is 98.0 Å². The number of rotatable bonds is 12. The molecule has 0 aliphatic carbocycles. The number of nitrogens with two attached hydrogens (primary N) is 1. The number of primary amides is 1. The molecular weight excluding hydrogens is 507 g/mol. The molecule has 0 aliphatic rings. The van der Waals surface area contributed by atoms with Gasteiger partial charge in [-0.3, -0.25) is 4.79 Å². The molecule has 1 amide bonds. The molecule has 0 unspecified atom stereocenters. The first-order valence-corrected chi connectivity index (χ1v) is 9.96. The van der Waals surface area contributed by atoms with Gasteiger partial charge in [0, 0.05) is 18.7 Å². The minimum Gasteiger partial charge on any atom is -0.489 e. The standard InChI is InChI=1S/C23H30N4O3.HI/c1-3-15-29-21-8-6-5-7-19(21)16-27-23(25-4-2)26-14-13-18-9-11-20(12-10-18)30-17-22(24)28;/h3,5-12H,1,4,13-17H2,2H3,(H2,24,28)(H2,25,26,27);1H. The van der Waals surface area contributed by atoms with E-state index in [0.29, 0.717) is 18.9 Å². The van der Waals surface area contributed by atoms with Crippen LogP contribution in [0.25, 0.3) is 0 Å². The third-order valence-electron chi connectivity index (χ3n) is 4.09. The predicted molar refractivity (Wildman–Crippen MR) is 135 cm³/mol. The first kappa shape index (κ1) is 26.3. The Bertz CT molecular complexity index is 841. The Balaban J connectivity index is 0.00000480. The molecule has 168 valence electrons. The molecule has 2 rings (SSSR count). The lowest BCUT2D eigenvalue weighted by atomic mass is 10.1. The van der Waals surface area contributed by atoms with Gasteiger partial charge in [0.1, 0.15) is 18.1 Å². The number of benzene rings is 2. The van der Waals surface area contributed by atoms with Gasteiger partial charge in [-0.2, -0.15) is 0 Å². The summed E-state index contributed by atoms with van der Waals surface area (Å²) in [5.74, 6) is 1.69. The number of ether oxygens (including phenoxy) is 2. The van der Waals surface area contributed by atoms with Crippen LogP contribution in [-0.2, 0) is 17.8 Å². The zero-order valence-corrected chi connectivity index (χ0v) is 20.1. The highest BCUT2D eigenvalue weighted by Crippen LogP contribution is 2.18. The molecule has 0 heterocycles. The van der Waals surface area contributed by atoms with Crippen LogP contribution in [0.15, 0.2) is 66.2 Å². The Kier molecular flexibility index (Phi) is 12.8. The number of amides is 1. The maximum atomic E-state index is 10.8. The van der Waals surface area contributed by atoms with Crippen LogP contribution in [0.3, 0.4) is 0 Å². The maximum Gasteiger partial charge on any atom is 0.255 e. The number of aliphatic imine (C=N–C) groups is 1. The van der Waals surface area contributed by atoms with Gasteiger partial charge in [-0.1, -0.05) is 43.0 Å². The number of para-hydroxylation sites is 1. The molecule has 2 aromatic rings. The van der Waals surface area contributed by atoms with Crippen molar-refractivity contribution in [3.8, 4) is 11.5 Å². The summed E-state index contributed by atoms with van der Waals surface area (Å²) in [6, 6.07) is 15.5. The summed E-state index contributed by atoms with van der Waals surface area (Å²) in [5.41, 5.74) is 7.24. The molecule has 0 spiro atoms. The largest absolute Gasteiger partial charge is 0.489 e. The second-order valence-electron chi connectivity index (χ2n) is 6.48. The summed E-state index contributed by atoms with van der Waals surface area (Å²) >= 11 is 0. The van der Waals surface area contributed by atoms with Gasteiger partial charge in [-0.25, -0.2) is 4.99 Å². The lowest BCUT2D eigenvalue weighted by Crippen LogP contribution is -2.38. The zero-order chi connectivity index (χ0) is 21.6. The molecule has 7 nitrogen and oxygen atoms in total. The van der Waals surface area contributed by atoms with Gasteiger partial charge in [-0.15, -0.1) is 24.0 Å². The molecular formula is C23H31IN4O3. The molecule has 2 aromatic carbocycles. The first-order valence-electron chi connectivity index (χ1n) is 9.96. The highest BCUT2D eigenvalue weighted by Gasteiger charge is 2.04. The number of hydrogen-bond acceptors (Lipinski definition) is 4.